The number of rotatable bonds is 7. The first-order valence-corrected chi connectivity index (χ1v) is 8.96. The predicted molar refractivity (Wildman–Crippen MR) is 97.6 cm³/mol. The van der Waals surface area contributed by atoms with Gasteiger partial charge in [0.25, 0.3) is 0 Å². The predicted octanol–water partition coefficient (Wildman–Crippen LogP) is 3.48. The van der Waals surface area contributed by atoms with Crippen LogP contribution in [0.25, 0.3) is 0 Å². The molecule has 1 unspecified atom stereocenters. The molecule has 1 N–H and O–H groups in total. The van der Waals surface area contributed by atoms with Gasteiger partial charge in [0.2, 0.25) is 5.91 Å². The van der Waals surface area contributed by atoms with Gasteiger partial charge in [-0.25, -0.2) is 4.79 Å². The van der Waals surface area contributed by atoms with E-state index in [1.54, 1.807) is 0 Å². The number of carbonyl (C=O) groups excluding carboxylic acids is 2. The van der Waals surface area contributed by atoms with Gasteiger partial charge in [0.15, 0.2) is 5.12 Å². The quantitative estimate of drug-likeness (QED) is 0.814. The zero-order valence-corrected chi connectivity index (χ0v) is 15.7. The fraction of sp³-hybridized carbons (Fsp3) is 0.500. The molecule has 0 radical (unpaired) electrons. The van der Waals surface area contributed by atoms with Crippen LogP contribution in [0.15, 0.2) is 12.1 Å². The van der Waals surface area contributed by atoms with Gasteiger partial charge in [-0.15, -0.1) is 0 Å². The van der Waals surface area contributed by atoms with E-state index < -0.39 is 12.0 Å². The Morgan fingerprint density at radius 2 is 1.75 bits per heavy atom. The summed E-state index contributed by atoms with van der Waals surface area (Å²) in [6.07, 6.45) is 1.14. The molecule has 0 saturated carbocycles. The molecular formula is C18H25NO4S. The van der Waals surface area contributed by atoms with E-state index in [-0.39, 0.29) is 16.8 Å². The molecule has 1 atom stereocenters. The Kier molecular flexibility index (Phi) is 7.48. The van der Waals surface area contributed by atoms with Crippen molar-refractivity contribution in [1.82, 2.24) is 0 Å². The minimum absolute atomic E-state index is 0.0496. The third kappa shape index (κ3) is 4.84. The van der Waals surface area contributed by atoms with Gasteiger partial charge >= 0.3 is 5.97 Å². The molecule has 0 heterocycles. The minimum atomic E-state index is -1.08. The molecule has 0 aliphatic heterocycles. The first kappa shape index (κ1) is 20.2. The second-order valence-electron chi connectivity index (χ2n) is 5.86. The fourth-order valence-corrected chi connectivity index (χ4v) is 3.21. The van der Waals surface area contributed by atoms with E-state index in [1.165, 1.54) is 11.8 Å². The monoisotopic (exact) mass is 351 g/mol. The molecule has 1 aromatic rings. The highest BCUT2D eigenvalue weighted by atomic mass is 32.2. The zero-order chi connectivity index (χ0) is 18.4. The van der Waals surface area contributed by atoms with Gasteiger partial charge in [0.1, 0.15) is 6.04 Å². The molecule has 1 rings (SSSR count). The van der Waals surface area contributed by atoms with E-state index in [1.807, 2.05) is 39.8 Å². The number of amides is 1. The summed E-state index contributed by atoms with van der Waals surface area (Å²) < 4.78 is 0. The summed E-state index contributed by atoms with van der Waals surface area (Å²) in [5.41, 5.74) is 3.32. The second-order valence-corrected chi connectivity index (χ2v) is 6.89. The number of benzene rings is 1. The summed E-state index contributed by atoms with van der Waals surface area (Å²) in [5, 5.41) is 9.36. The maximum absolute atomic E-state index is 12.7. The van der Waals surface area contributed by atoms with Crippen LogP contribution in [0, 0.1) is 20.8 Å². The van der Waals surface area contributed by atoms with Crippen molar-refractivity contribution in [2.75, 3.05) is 10.7 Å². The second kappa shape index (κ2) is 8.87. The molecular weight excluding hydrogens is 326 g/mol. The number of carboxylic acids is 1. The summed E-state index contributed by atoms with van der Waals surface area (Å²) in [6, 6.07) is 2.82. The molecule has 6 heteroatoms. The smallest absolute Gasteiger partial charge is 0.326 e. The van der Waals surface area contributed by atoms with Crippen molar-refractivity contribution in [2.45, 2.75) is 53.5 Å². The molecule has 1 aromatic carbocycles. The summed E-state index contributed by atoms with van der Waals surface area (Å²) in [7, 11) is 0. The van der Waals surface area contributed by atoms with E-state index in [2.05, 4.69) is 0 Å². The van der Waals surface area contributed by atoms with Crippen molar-refractivity contribution < 1.29 is 19.5 Å². The summed E-state index contributed by atoms with van der Waals surface area (Å²) in [5.74, 6) is -1.49. The van der Waals surface area contributed by atoms with Gasteiger partial charge in [-0.3, -0.25) is 14.5 Å². The Hall–Kier alpha value is -1.82. The Balaban J connectivity index is 3.19. The maximum Gasteiger partial charge on any atom is 0.326 e. The highest BCUT2D eigenvalue weighted by Crippen LogP contribution is 2.30. The number of aryl methyl sites for hydroxylation is 2. The van der Waals surface area contributed by atoms with Crippen molar-refractivity contribution in [3.63, 3.8) is 0 Å². The first-order chi connectivity index (χ1) is 11.2. The molecule has 0 saturated heterocycles. The third-order valence-corrected chi connectivity index (χ3v) is 4.89. The lowest BCUT2D eigenvalue weighted by Gasteiger charge is -2.30. The van der Waals surface area contributed by atoms with Crippen LogP contribution in [0.2, 0.25) is 0 Å². The van der Waals surface area contributed by atoms with E-state index in [0.717, 1.165) is 34.9 Å². The summed E-state index contributed by atoms with van der Waals surface area (Å²) in [6.45, 7) is 9.04. The van der Waals surface area contributed by atoms with Crippen LogP contribution < -0.4 is 4.90 Å². The molecule has 1 amide bonds. The topological polar surface area (TPSA) is 74.7 Å². The van der Waals surface area contributed by atoms with Crippen molar-refractivity contribution >= 4 is 34.4 Å². The van der Waals surface area contributed by atoms with Crippen LogP contribution in [0.4, 0.5) is 5.69 Å². The van der Waals surface area contributed by atoms with Crippen LogP contribution in [0.1, 0.15) is 43.4 Å². The van der Waals surface area contributed by atoms with Crippen LogP contribution >= 0.6 is 11.8 Å². The van der Waals surface area contributed by atoms with Crippen LogP contribution in [-0.2, 0) is 14.4 Å². The van der Waals surface area contributed by atoms with E-state index in [0.29, 0.717) is 12.1 Å². The Morgan fingerprint density at radius 1 is 1.17 bits per heavy atom. The third-order valence-electron chi connectivity index (χ3n) is 3.97. The molecule has 0 aliphatic rings. The van der Waals surface area contributed by atoms with Crippen LogP contribution in [0.5, 0.6) is 0 Å². The van der Waals surface area contributed by atoms with E-state index >= 15 is 0 Å². The number of hydrogen-bond acceptors (Lipinski definition) is 4. The lowest BCUT2D eigenvalue weighted by Crippen LogP contribution is -2.45. The van der Waals surface area contributed by atoms with Crippen molar-refractivity contribution in [3.8, 4) is 0 Å². The lowest BCUT2D eigenvalue weighted by atomic mass is 10.0. The number of anilines is 1. The molecule has 0 spiro atoms. The van der Waals surface area contributed by atoms with Gasteiger partial charge in [0, 0.05) is 6.42 Å². The molecule has 0 fully saturated rings. The Morgan fingerprint density at radius 3 is 2.29 bits per heavy atom. The Labute approximate surface area is 147 Å². The van der Waals surface area contributed by atoms with Gasteiger partial charge in [-0.2, -0.15) is 0 Å². The number of nitrogens with zero attached hydrogens (tertiary/aromatic N) is 1. The number of aliphatic carboxylic acids is 1. The SMILES string of the molecule is CCCC(=O)SCC(=O)N(c1c(C)ccc(C)c1C)C(C)C(=O)O. The van der Waals surface area contributed by atoms with Crippen molar-refractivity contribution in [3.05, 3.63) is 28.8 Å². The van der Waals surface area contributed by atoms with Gasteiger partial charge in [-0.1, -0.05) is 30.8 Å². The minimum Gasteiger partial charge on any atom is -0.480 e. The van der Waals surface area contributed by atoms with E-state index in [9.17, 15) is 19.5 Å². The first-order valence-electron chi connectivity index (χ1n) is 7.98. The fourth-order valence-electron chi connectivity index (χ4n) is 2.44. The molecule has 0 aliphatic carbocycles. The number of thioether (sulfide) groups is 1. The average molecular weight is 351 g/mol. The van der Waals surface area contributed by atoms with Crippen molar-refractivity contribution in [2.24, 2.45) is 0 Å². The largest absolute Gasteiger partial charge is 0.480 e. The standard InChI is InChI=1S/C18H25NO4S/c1-6-7-16(21)24-10-15(20)19(14(5)18(22)23)17-12(3)9-8-11(2)13(17)4/h8-9,14H,6-7,10H2,1-5H3,(H,22,23). The van der Waals surface area contributed by atoms with Gasteiger partial charge in [-0.05, 0) is 50.8 Å². The summed E-state index contributed by atoms with van der Waals surface area (Å²) in [4.78, 5) is 37.2. The molecule has 0 aromatic heterocycles. The molecule has 5 nitrogen and oxygen atoms in total. The summed E-state index contributed by atoms with van der Waals surface area (Å²) >= 11 is 0.954. The highest BCUT2D eigenvalue weighted by molar-refractivity contribution is 8.14. The normalized spacial score (nSPS) is 11.9. The van der Waals surface area contributed by atoms with Crippen LogP contribution in [0.3, 0.4) is 0 Å². The number of carbonyl (C=O) groups is 3. The maximum atomic E-state index is 12.7. The van der Waals surface area contributed by atoms with Gasteiger partial charge in [0.05, 0.1) is 11.4 Å². The average Bonchev–Trinajstić information content (AvgIpc) is 2.52. The number of hydrogen-bond donors (Lipinski definition) is 1. The van der Waals surface area contributed by atoms with Crippen molar-refractivity contribution in [1.29, 1.82) is 0 Å². The highest BCUT2D eigenvalue weighted by Gasteiger charge is 2.30. The Bertz CT molecular complexity index is 642. The zero-order valence-electron chi connectivity index (χ0n) is 14.9. The van der Waals surface area contributed by atoms with Gasteiger partial charge < -0.3 is 5.11 Å². The number of carboxylic acid groups (broad SMARTS) is 1. The van der Waals surface area contributed by atoms with E-state index in [4.69, 9.17) is 0 Å². The van der Waals surface area contributed by atoms with Crippen LogP contribution in [-0.4, -0.2) is 33.9 Å². The lowest BCUT2D eigenvalue weighted by molar-refractivity contribution is -0.139. The molecule has 132 valence electrons. The molecule has 0 bridgehead atoms. The molecule has 24 heavy (non-hydrogen) atoms.